The molecule has 0 amide bonds. The van der Waals surface area contributed by atoms with Crippen LogP contribution in [0, 0.1) is 0 Å². The maximum absolute atomic E-state index is 11.8. The van der Waals surface area contributed by atoms with Gasteiger partial charge in [0, 0.05) is 29.0 Å². The Morgan fingerprint density at radius 3 is 2.74 bits per heavy atom. The third kappa shape index (κ3) is 6.29. The lowest BCUT2D eigenvalue weighted by Gasteiger charge is -2.12. The van der Waals surface area contributed by atoms with E-state index >= 15 is 0 Å². The zero-order valence-electron chi connectivity index (χ0n) is 10.9. The van der Waals surface area contributed by atoms with Gasteiger partial charge in [0.1, 0.15) is 0 Å². The van der Waals surface area contributed by atoms with Gasteiger partial charge in [-0.2, -0.15) is 0 Å². The number of nitrogens with two attached hydrogens (primary N) is 1. The second-order valence-corrected chi connectivity index (χ2v) is 7.25. The molecular formula is C12H20N2O3S2. The highest BCUT2D eigenvalue weighted by Crippen LogP contribution is 2.24. The van der Waals surface area contributed by atoms with E-state index in [0.717, 1.165) is 4.90 Å². The molecule has 1 aromatic carbocycles. The number of nitrogens with one attached hydrogen (secondary N) is 1. The molecule has 0 aromatic heterocycles. The van der Waals surface area contributed by atoms with Crippen molar-refractivity contribution in [2.75, 3.05) is 23.8 Å². The monoisotopic (exact) mass is 304 g/mol. The Kier molecular flexibility index (Phi) is 6.64. The number of rotatable bonds is 8. The number of aliphatic hydroxyl groups excluding tert-OH is 1. The number of anilines is 1. The Bertz CT molecular complexity index is 492. The van der Waals surface area contributed by atoms with E-state index in [4.69, 9.17) is 10.8 Å². The smallest absolute Gasteiger partial charge is 0.212 e. The van der Waals surface area contributed by atoms with Gasteiger partial charge >= 0.3 is 0 Å². The summed E-state index contributed by atoms with van der Waals surface area (Å²) < 4.78 is 26.0. The van der Waals surface area contributed by atoms with Crippen LogP contribution >= 0.6 is 11.8 Å². The first-order chi connectivity index (χ1) is 8.94. The van der Waals surface area contributed by atoms with Crippen LogP contribution in [0.5, 0.6) is 0 Å². The van der Waals surface area contributed by atoms with Crippen molar-refractivity contribution < 1.29 is 13.5 Å². The molecular weight excluding hydrogens is 284 g/mol. The molecule has 0 radical (unpaired) electrons. The summed E-state index contributed by atoms with van der Waals surface area (Å²) >= 11 is 1.42. The lowest BCUT2D eigenvalue weighted by molar-refractivity contribution is 0.275. The lowest BCUT2D eigenvalue weighted by Crippen LogP contribution is -2.35. The van der Waals surface area contributed by atoms with Gasteiger partial charge in [0.05, 0.1) is 5.75 Å². The number of aliphatic hydroxyl groups is 1. The van der Waals surface area contributed by atoms with E-state index in [0.29, 0.717) is 17.9 Å². The molecule has 4 N–H and O–H groups in total. The highest BCUT2D eigenvalue weighted by atomic mass is 32.2. The molecule has 108 valence electrons. The van der Waals surface area contributed by atoms with Crippen molar-refractivity contribution in [3.63, 3.8) is 0 Å². The van der Waals surface area contributed by atoms with Crippen molar-refractivity contribution in [1.82, 2.24) is 4.72 Å². The van der Waals surface area contributed by atoms with E-state index in [2.05, 4.69) is 4.72 Å². The summed E-state index contributed by atoms with van der Waals surface area (Å²) in [5.74, 6) is 0.469. The number of thioether (sulfide) groups is 1. The molecule has 1 atom stereocenters. The Hall–Kier alpha value is -0.760. The molecule has 1 rings (SSSR count). The Morgan fingerprint density at radius 2 is 2.11 bits per heavy atom. The predicted octanol–water partition coefficient (Wildman–Crippen LogP) is 1.05. The standard InChI is InChI=1S/C12H20N2O3S2/c1-10(6-7-15)14-19(16,17)9-8-18-12-5-3-2-4-11(12)13/h2-5,10,14-15H,6-9,13H2,1H3. The highest BCUT2D eigenvalue weighted by Gasteiger charge is 2.14. The average Bonchev–Trinajstić information content (AvgIpc) is 2.31. The zero-order valence-corrected chi connectivity index (χ0v) is 12.5. The summed E-state index contributed by atoms with van der Waals surface area (Å²) in [5, 5.41) is 8.74. The minimum Gasteiger partial charge on any atom is -0.398 e. The van der Waals surface area contributed by atoms with Gasteiger partial charge in [-0.3, -0.25) is 0 Å². The Labute approximate surface area is 118 Å². The van der Waals surface area contributed by atoms with Crippen molar-refractivity contribution in [3.8, 4) is 0 Å². The maximum Gasteiger partial charge on any atom is 0.212 e. The van der Waals surface area contributed by atoms with Gasteiger partial charge in [-0.15, -0.1) is 11.8 Å². The second-order valence-electron chi connectivity index (χ2n) is 4.24. The second kappa shape index (κ2) is 7.74. The third-order valence-electron chi connectivity index (χ3n) is 2.47. The van der Waals surface area contributed by atoms with Gasteiger partial charge in [-0.1, -0.05) is 12.1 Å². The van der Waals surface area contributed by atoms with Crippen LogP contribution in [0.4, 0.5) is 5.69 Å². The summed E-state index contributed by atoms with van der Waals surface area (Å²) in [7, 11) is -3.31. The normalized spacial score (nSPS) is 13.4. The fourth-order valence-electron chi connectivity index (χ4n) is 1.49. The maximum atomic E-state index is 11.8. The first-order valence-electron chi connectivity index (χ1n) is 6.03. The van der Waals surface area contributed by atoms with Gasteiger partial charge in [-0.25, -0.2) is 13.1 Å². The van der Waals surface area contributed by atoms with Crippen LogP contribution in [-0.4, -0.2) is 37.7 Å². The van der Waals surface area contributed by atoms with Crippen LogP contribution in [0.25, 0.3) is 0 Å². The van der Waals surface area contributed by atoms with Crippen molar-refractivity contribution in [3.05, 3.63) is 24.3 Å². The van der Waals surface area contributed by atoms with Gasteiger partial charge < -0.3 is 10.8 Å². The summed E-state index contributed by atoms with van der Waals surface area (Å²) in [5.41, 5.74) is 6.44. The molecule has 0 saturated carbocycles. The van der Waals surface area contributed by atoms with Gasteiger partial charge in [0.25, 0.3) is 0 Å². The number of hydrogen-bond acceptors (Lipinski definition) is 5. The summed E-state index contributed by atoms with van der Waals surface area (Å²) in [4.78, 5) is 0.890. The Balaban J connectivity index is 2.42. The van der Waals surface area contributed by atoms with E-state index < -0.39 is 10.0 Å². The topological polar surface area (TPSA) is 92.4 Å². The molecule has 19 heavy (non-hydrogen) atoms. The SMILES string of the molecule is CC(CCO)NS(=O)(=O)CCSc1ccccc1N. The van der Waals surface area contributed by atoms with Gasteiger partial charge in [0.15, 0.2) is 0 Å². The van der Waals surface area contributed by atoms with E-state index in [-0.39, 0.29) is 18.4 Å². The lowest BCUT2D eigenvalue weighted by atomic mass is 10.3. The molecule has 1 aromatic rings. The number of nitrogen functional groups attached to an aromatic ring is 1. The van der Waals surface area contributed by atoms with Crippen LogP contribution < -0.4 is 10.5 Å². The molecule has 1 unspecified atom stereocenters. The number of benzene rings is 1. The van der Waals surface area contributed by atoms with E-state index in [1.165, 1.54) is 11.8 Å². The van der Waals surface area contributed by atoms with E-state index in [9.17, 15) is 8.42 Å². The predicted molar refractivity (Wildman–Crippen MR) is 79.7 cm³/mol. The Morgan fingerprint density at radius 1 is 1.42 bits per heavy atom. The molecule has 0 bridgehead atoms. The summed E-state index contributed by atoms with van der Waals surface area (Å²) in [6, 6.07) is 7.12. The number of para-hydroxylation sites is 1. The molecule has 0 fully saturated rings. The fourth-order valence-corrected chi connectivity index (χ4v) is 4.18. The van der Waals surface area contributed by atoms with E-state index in [1.807, 2.05) is 18.2 Å². The molecule has 0 spiro atoms. The van der Waals surface area contributed by atoms with Gasteiger partial charge in [-0.05, 0) is 25.5 Å². The van der Waals surface area contributed by atoms with Crippen LogP contribution in [0.2, 0.25) is 0 Å². The average molecular weight is 304 g/mol. The van der Waals surface area contributed by atoms with Crippen molar-refractivity contribution in [1.29, 1.82) is 0 Å². The number of hydrogen-bond donors (Lipinski definition) is 3. The minimum absolute atomic E-state index is 0.0288. The molecule has 5 nitrogen and oxygen atoms in total. The quantitative estimate of drug-likeness (QED) is 0.493. The zero-order chi connectivity index (χ0) is 14.3. The van der Waals surface area contributed by atoms with Crippen LogP contribution in [-0.2, 0) is 10.0 Å². The largest absolute Gasteiger partial charge is 0.398 e. The van der Waals surface area contributed by atoms with Gasteiger partial charge in [0.2, 0.25) is 10.0 Å². The van der Waals surface area contributed by atoms with Crippen molar-refractivity contribution in [2.24, 2.45) is 0 Å². The molecule has 7 heteroatoms. The van der Waals surface area contributed by atoms with Crippen LogP contribution in [0.1, 0.15) is 13.3 Å². The number of sulfonamides is 1. The minimum atomic E-state index is -3.31. The van der Waals surface area contributed by atoms with Crippen LogP contribution in [0.15, 0.2) is 29.2 Å². The van der Waals surface area contributed by atoms with E-state index in [1.54, 1.807) is 13.0 Å². The molecule has 0 saturated heterocycles. The summed E-state index contributed by atoms with van der Waals surface area (Å²) in [6.45, 7) is 1.70. The van der Waals surface area contributed by atoms with Crippen molar-refractivity contribution >= 4 is 27.5 Å². The molecule has 0 aliphatic rings. The third-order valence-corrected chi connectivity index (χ3v) is 5.32. The van der Waals surface area contributed by atoms with Crippen LogP contribution in [0.3, 0.4) is 0 Å². The molecule has 0 heterocycles. The fraction of sp³-hybridized carbons (Fsp3) is 0.500. The first-order valence-corrected chi connectivity index (χ1v) is 8.66. The first kappa shape index (κ1) is 16.3. The van der Waals surface area contributed by atoms with Crippen molar-refractivity contribution in [2.45, 2.75) is 24.3 Å². The molecule has 0 aliphatic heterocycles. The molecule has 0 aliphatic carbocycles. The summed E-state index contributed by atoms with van der Waals surface area (Å²) in [6.07, 6.45) is 0.415. The highest BCUT2D eigenvalue weighted by molar-refractivity contribution is 8.00.